The molecule has 0 amide bonds. The van der Waals surface area contributed by atoms with Crippen molar-refractivity contribution in [3.63, 3.8) is 0 Å². The molecule has 2 rings (SSSR count). The lowest BCUT2D eigenvalue weighted by Gasteiger charge is -2.03. The molecule has 0 fully saturated rings. The van der Waals surface area contributed by atoms with Crippen LogP contribution in [0.4, 0.5) is 0 Å². The van der Waals surface area contributed by atoms with Gasteiger partial charge in [0.25, 0.3) is 0 Å². The monoisotopic (exact) mass is 200 g/mol. The van der Waals surface area contributed by atoms with Crippen LogP contribution in [0.25, 0.3) is 6.08 Å². The highest BCUT2D eigenvalue weighted by Gasteiger charge is 2.01. The highest BCUT2D eigenvalue weighted by molar-refractivity contribution is 5.64. The Bertz CT molecular complexity index is 440. The molecule has 0 atom stereocenters. The molecular formula is C13H12O2. The van der Waals surface area contributed by atoms with Gasteiger partial charge in [-0.2, -0.15) is 0 Å². The molecule has 1 aliphatic carbocycles. The van der Waals surface area contributed by atoms with Gasteiger partial charge in [0.2, 0.25) is 0 Å². The average Bonchev–Trinajstić information content (AvgIpc) is 2.73. The van der Waals surface area contributed by atoms with Gasteiger partial charge in [-0.15, -0.1) is 0 Å². The molecule has 0 saturated heterocycles. The molecule has 0 spiro atoms. The van der Waals surface area contributed by atoms with Crippen LogP contribution in [0.2, 0.25) is 0 Å². The molecule has 0 heterocycles. The molecule has 15 heavy (non-hydrogen) atoms. The number of aromatic hydroxyl groups is 1. The number of phenols is 1. The van der Waals surface area contributed by atoms with Gasteiger partial charge in [-0.05, 0) is 29.3 Å². The summed E-state index contributed by atoms with van der Waals surface area (Å²) in [4.78, 5) is 0. The third-order valence-corrected chi connectivity index (χ3v) is 2.23. The van der Waals surface area contributed by atoms with Crippen molar-refractivity contribution in [1.82, 2.24) is 0 Å². The van der Waals surface area contributed by atoms with Crippen LogP contribution in [0.15, 0.2) is 48.1 Å². The SMILES string of the molecule is COc1cc(C=C2C=CC=C2)ccc1O. The van der Waals surface area contributed by atoms with E-state index in [0.717, 1.165) is 11.1 Å². The molecule has 1 aliphatic rings. The lowest BCUT2D eigenvalue weighted by molar-refractivity contribution is 0.373. The van der Waals surface area contributed by atoms with E-state index in [1.807, 2.05) is 42.5 Å². The van der Waals surface area contributed by atoms with E-state index in [1.54, 1.807) is 13.2 Å². The molecule has 2 heteroatoms. The molecule has 0 aliphatic heterocycles. The summed E-state index contributed by atoms with van der Waals surface area (Å²) in [5, 5.41) is 9.42. The number of rotatable bonds is 2. The molecule has 0 bridgehead atoms. The topological polar surface area (TPSA) is 29.5 Å². The Morgan fingerprint density at radius 2 is 1.93 bits per heavy atom. The summed E-state index contributed by atoms with van der Waals surface area (Å²) < 4.78 is 5.03. The first-order valence-electron chi connectivity index (χ1n) is 4.73. The number of ether oxygens (including phenoxy) is 1. The standard InChI is InChI=1S/C13H12O2/c1-15-13-9-11(6-7-12(13)14)8-10-4-2-3-5-10/h2-9,14H,1H3. The van der Waals surface area contributed by atoms with Crippen LogP contribution in [0.1, 0.15) is 5.56 Å². The van der Waals surface area contributed by atoms with Crippen LogP contribution in [-0.2, 0) is 0 Å². The minimum atomic E-state index is 0.164. The first kappa shape index (κ1) is 9.59. The van der Waals surface area contributed by atoms with E-state index in [2.05, 4.69) is 0 Å². The molecule has 0 unspecified atom stereocenters. The van der Waals surface area contributed by atoms with Gasteiger partial charge < -0.3 is 9.84 Å². The van der Waals surface area contributed by atoms with E-state index in [4.69, 9.17) is 4.74 Å². The minimum Gasteiger partial charge on any atom is -0.504 e. The van der Waals surface area contributed by atoms with Crippen LogP contribution in [0, 0.1) is 0 Å². The van der Waals surface area contributed by atoms with Gasteiger partial charge in [-0.1, -0.05) is 30.4 Å². The molecule has 0 aromatic heterocycles. The Morgan fingerprint density at radius 3 is 2.60 bits per heavy atom. The molecule has 0 saturated carbocycles. The zero-order valence-corrected chi connectivity index (χ0v) is 8.47. The fourth-order valence-corrected chi connectivity index (χ4v) is 1.46. The second-order valence-corrected chi connectivity index (χ2v) is 3.29. The van der Waals surface area contributed by atoms with Crippen molar-refractivity contribution < 1.29 is 9.84 Å². The van der Waals surface area contributed by atoms with Gasteiger partial charge in [0.15, 0.2) is 11.5 Å². The predicted octanol–water partition coefficient (Wildman–Crippen LogP) is 2.91. The van der Waals surface area contributed by atoms with Crippen molar-refractivity contribution in [3.05, 3.63) is 53.6 Å². The van der Waals surface area contributed by atoms with Gasteiger partial charge in [0.1, 0.15) is 0 Å². The quantitative estimate of drug-likeness (QED) is 0.795. The van der Waals surface area contributed by atoms with Gasteiger partial charge in [0, 0.05) is 0 Å². The molecule has 1 N–H and O–H groups in total. The predicted molar refractivity (Wildman–Crippen MR) is 60.9 cm³/mol. The third-order valence-electron chi connectivity index (χ3n) is 2.23. The summed E-state index contributed by atoms with van der Waals surface area (Å²) >= 11 is 0. The van der Waals surface area contributed by atoms with E-state index in [1.165, 1.54) is 0 Å². The zero-order chi connectivity index (χ0) is 10.7. The van der Waals surface area contributed by atoms with Crippen molar-refractivity contribution in [2.75, 3.05) is 7.11 Å². The van der Waals surface area contributed by atoms with Gasteiger partial charge >= 0.3 is 0 Å². The zero-order valence-electron chi connectivity index (χ0n) is 8.47. The highest BCUT2D eigenvalue weighted by atomic mass is 16.5. The molecule has 76 valence electrons. The summed E-state index contributed by atoms with van der Waals surface area (Å²) in [5.41, 5.74) is 2.15. The van der Waals surface area contributed by atoms with E-state index in [-0.39, 0.29) is 5.75 Å². The Balaban J connectivity index is 2.33. The Labute approximate surface area is 88.8 Å². The van der Waals surface area contributed by atoms with E-state index in [9.17, 15) is 5.11 Å². The normalized spacial score (nSPS) is 13.3. The van der Waals surface area contributed by atoms with E-state index in [0.29, 0.717) is 5.75 Å². The number of hydrogen-bond acceptors (Lipinski definition) is 2. The summed E-state index contributed by atoms with van der Waals surface area (Å²) in [6, 6.07) is 5.29. The average molecular weight is 200 g/mol. The first-order valence-corrected chi connectivity index (χ1v) is 4.73. The third kappa shape index (κ3) is 2.10. The highest BCUT2D eigenvalue weighted by Crippen LogP contribution is 2.27. The van der Waals surface area contributed by atoms with Gasteiger partial charge in [0.05, 0.1) is 7.11 Å². The van der Waals surface area contributed by atoms with Crippen LogP contribution in [-0.4, -0.2) is 12.2 Å². The fourth-order valence-electron chi connectivity index (χ4n) is 1.46. The molecular weight excluding hydrogens is 188 g/mol. The maximum Gasteiger partial charge on any atom is 0.161 e. The van der Waals surface area contributed by atoms with Gasteiger partial charge in [-0.25, -0.2) is 0 Å². The number of phenolic OH excluding ortho intramolecular Hbond substituents is 1. The molecule has 2 nitrogen and oxygen atoms in total. The summed E-state index contributed by atoms with van der Waals surface area (Å²) in [5.74, 6) is 0.660. The number of benzene rings is 1. The Morgan fingerprint density at radius 1 is 1.20 bits per heavy atom. The summed E-state index contributed by atoms with van der Waals surface area (Å²) in [7, 11) is 1.54. The van der Waals surface area contributed by atoms with Crippen molar-refractivity contribution in [2.45, 2.75) is 0 Å². The van der Waals surface area contributed by atoms with Crippen molar-refractivity contribution in [3.8, 4) is 11.5 Å². The number of allylic oxidation sites excluding steroid dienone is 5. The maximum absolute atomic E-state index is 9.42. The summed E-state index contributed by atoms with van der Waals surface area (Å²) in [6.07, 6.45) is 10.1. The van der Waals surface area contributed by atoms with E-state index < -0.39 is 0 Å². The number of hydrogen-bond donors (Lipinski definition) is 1. The van der Waals surface area contributed by atoms with Crippen LogP contribution in [0.3, 0.4) is 0 Å². The Kier molecular flexibility index (Phi) is 2.59. The second kappa shape index (κ2) is 4.05. The molecule has 1 aromatic rings. The van der Waals surface area contributed by atoms with Crippen LogP contribution < -0.4 is 4.74 Å². The van der Waals surface area contributed by atoms with Crippen molar-refractivity contribution in [2.24, 2.45) is 0 Å². The van der Waals surface area contributed by atoms with E-state index >= 15 is 0 Å². The molecule has 0 radical (unpaired) electrons. The lowest BCUT2D eigenvalue weighted by atomic mass is 10.1. The summed E-state index contributed by atoms with van der Waals surface area (Å²) in [6.45, 7) is 0. The smallest absolute Gasteiger partial charge is 0.161 e. The van der Waals surface area contributed by atoms with Gasteiger partial charge in [-0.3, -0.25) is 0 Å². The first-order chi connectivity index (χ1) is 7.29. The fraction of sp³-hybridized carbons (Fsp3) is 0.0769. The lowest BCUT2D eigenvalue weighted by Crippen LogP contribution is -1.84. The van der Waals surface area contributed by atoms with Crippen molar-refractivity contribution >= 4 is 6.08 Å². The minimum absolute atomic E-state index is 0.164. The second-order valence-electron chi connectivity index (χ2n) is 3.29. The van der Waals surface area contributed by atoms with Crippen LogP contribution in [0.5, 0.6) is 11.5 Å². The van der Waals surface area contributed by atoms with Crippen LogP contribution >= 0.6 is 0 Å². The van der Waals surface area contributed by atoms with Crippen molar-refractivity contribution in [1.29, 1.82) is 0 Å². The number of methoxy groups -OCH3 is 1. The largest absolute Gasteiger partial charge is 0.504 e. The maximum atomic E-state index is 9.42. The Hall–Kier alpha value is -1.96. The molecule has 1 aromatic carbocycles.